The van der Waals surface area contributed by atoms with Gasteiger partial charge in [0.1, 0.15) is 11.8 Å². The van der Waals surface area contributed by atoms with Gasteiger partial charge in [0.2, 0.25) is 11.8 Å². The average molecular weight is 441 g/mol. The number of nitrogens with one attached hydrogen (secondary N) is 1. The maximum atomic E-state index is 13.2. The lowest BCUT2D eigenvalue weighted by Crippen LogP contribution is -2.49. The summed E-state index contributed by atoms with van der Waals surface area (Å²) in [5, 5.41) is 3.14. The Morgan fingerprint density at radius 1 is 1.10 bits per heavy atom. The molecule has 0 bridgehead atoms. The maximum Gasteiger partial charge on any atom is 0.242 e. The van der Waals surface area contributed by atoms with Crippen LogP contribution in [0.25, 0.3) is 0 Å². The van der Waals surface area contributed by atoms with Crippen LogP contribution in [-0.2, 0) is 16.1 Å². The Kier molecular flexibility index (Phi) is 8.83. The summed E-state index contributed by atoms with van der Waals surface area (Å²) in [6.07, 6.45) is 4.75. The smallest absolute Gasteiger partial charge is 0.242 e. The summed E-state index contributed by atoms with van der Waals surface area (Å²) in [4.78, 5) is 28.9. The lowest BCUT2D eigenvalue weighted by molar-refractivity contribution is -0.140. The first-order valence-electron chi connectivity index (χ1n) is 11.0. The fraction of sp³-hybridized carbons (Fsp3) is 0.440. The number of hydrogen-bond donors (Lipinski definition) is 1. The largest absolute Gasteiger partial charge is 0.497 e. The van der Waals surface area contributed by atoms with E-state index in [1.165, 1.54) is 0 Å². The van der Waals surface area contributed by atoms with Gasteiger partial charge >= 0.3 is 0 Å². The molecule has 2 amide bonds. The van der Waals surface area contributed by atoms with E-state index < -0.39 is 6.04 Å². The Morgan fingerprint density at radius 2 is 1.77 bits per heavy atom. The second-order valence-corrected chi connectivity index (χ2v) is 9.12. The summed E-state index contributed by atoms with van der Waals surface area (Å²) in [5.74, 6) is 1.38. The van der Waals surface area contributed by atoms with Gasteiger partial charge in [-0.25, -0.2) is 0 Å². The zero-order valence-corrected chi connectivity index (χ0v) is 19.2. The molecule has 2 aromatic rings. The molecule has 3 rings (SSSR count). The lowest BCUT2D eigenvalue weighted by Gasteiger charge is -2.30. The van der Waals surface area contributed by atoms with Crippen LogP contribution in [0.1, 0.15) is 44.6 Å². The number of rotatable bonds is 10. The van der Waals surface area contributed by atoms with E-state index >= 15 is 0 Å². The van der Waals surface area contributed by atoms with Gasteiger partial charge in [0.15, 0.2) is 0 Å². The monoisotopic (exact) mass is 440 g/mol. The Balaban J connectivity index is 1.65. The molecule has 0 aliphatic heterocycles. The van der Waals surface area contributed by atoms with Gasteiger partial charge < -0.3 is 15.0 Å². The van der Waals surface area contributed by atoms with Gasteiger partial charge in [0.25, 0.3) is 0 Å². The molecule has 31 heavy (non-hydrogen) atoms. The number of hydrogen-bond acceptors (Lipinski definition) is 4. The van der Waals surface area contributed by atoms with Gasteiger partial charge in [0, 0.05) is 29.7 Å². The van der Waals surface area contributed by atoms with Crippen molar-refractivity contribution in [1.82, 2.24) is 10.2 Å². The zero-order valence-electron chi connectivity index (χ0n) is 18.4. The highest BCUT2D eigenvalue weighted by Gasteiger charge is 2.28. The van der Waals surface area contributed by atoms with E-state index in [0.717, 1.165) is 41.9 Å². The Morgan fingerprint density at radius 3 is 2.42 bits per heavy atom. The van der Waals surface area contributed by atoms with Crippen molar-refractivity contribution < 1.29 is 14.3 Å². The average Bonchev–Trinajstić information content (AvgIpc) is 3.31. The third kappa shape index (κ3) is 7.03. The Hall–Kier alpha value is -2.47. The summed E-state index contributed by atoms with van der Waals surface area (Å²) < 4.78 is 5.23. The SMILES string of the molecule is COc1ccc(CN(C(=O)CCSc2ccccc2)[C@@H](C)C(=O)NC2CCCC2)cc1. The van der Waals surface area contributed by atoms with E-state index in [9.17, 15) is 9.59 Å². The highest BCUT2D eigenvalue weighted by molar-refractivity contribution is 7.99. The van der Waals surface area contributed by atoms with Crippen LogP contribution in [0.5, 0.6) is 5.75 Å². The molecule has 2 aromatic carbocycles. The van der Waals surface area contributed by atoms with Gasteiger partial charge in [-0.15, -0.1) is 11.8 Å². The van der Waals surface area contributed by atoms with Crippen LogP contribution in [0.15, 0.2) is 59.5 Å². The number of carbonyl (C=O) groups is 2. The van der Waals surface area contributed by atoms with Gasteiger partial charge in [-0.1, -0.05) is 43.2 Å². The summed E-state index contributed by atoms with van der Waals surface area (Å²) in [6.45, 7) is 2.23. The summed E-state index contributed by atoms with van der Waals surface area (Å²) in [6, 6.07) is 17.4. The molecule has 0 saturated heterocycles. The van der Waals surface area contributed by atoms with Crippen molar-refractivity contribution in [3.63, 3.8) is 0 Å². The van der Waals surface area contributed by atoms with Crippen LogP contribution in [0.3, 0.4) is 0 Å². The first-order chi connectivity index (χ1) is 15.1. The van der Waals surface area contributed by atoms with Crippen molar-refractivity contribution in [3.8, 4) is 5.75 Å². The molecule has 1 fully saturated rings. The number of benzene rings is 2. The van der Waals surface area contributed by atoms with Crippen molar-refractivity contribution >= 4 is 23.6 Å². The molecule has 6 heteroatoms. The van der Waals surface area contributed by atoms with Gasteiger partial charge in [-0.05, 0) is 49.6 Å². The molecule has 1 aliphatic carbocycles. The van der Waals surface area contributed by atoms with Gasteiger partial charge in [-0.3, -0.25) is 9.59 Å². The normalized spacial score (nSPS) is 14.8. The van der Waals surface area contributed by atoms with Gasteiger partial charge in [-0.2, -0.15) is 0 Å². The standard InChI is InChI=1S/C25H32N2O3S/c1-19(25(29)26-21-8-6-7-9-21)27(18-20-12-14-22(30-2)15-13-20)24(28)16-17-31-23-10-4-3-5-11-23/h3-5,10-15,19,21H,6-9,16-18H2,1-2H3,(H,26,29)/t19-/m0/s1. The van der Waals surface area contributed by atoms with E-state index in [-0.39, 0.29) is 17.9 Å². The first-order valence-corrected chi connectivity index (χ1v) is 12.0. The Bertz CT molecular complexity index is 836. The van der Waals surface area contributed by atoms with Crippen LogP contribution in [0.4, 0.5) is 0 Å². The van der Waals surface area contributed by atoms with Crippen molar-refractivity contribution in [2.75, 3.05) is 12.9 Å². The summed E-state index contributed by atoms with van der Waals surface area (Å²) >= 11 is 1.66. The highest BCUT2D eigenvalue weighted by atomic mass is 32.2. The predicted molar refractivity (Wildman–Crippen MR) is 125 cm³/mol. The quantitative estimate of drug-likeness (QED) is 0.546. The minimum atomic E-state index is -0.517. The molecular weight excluding hydrogens is 408 g/mol. The first kappa shape index (κ1) is 23.2. The van der Waals surface area contributed by atoms with E-state index in [1.807, 2.05) is 61.5 Å². The van der Waals surface area contributed by atoms with Gasteiger partial charge in [0.05, 0.1) is 7.11 Å². The number of methoxy groups -OCH3 is 1. The third-order valence-electron chi connectivity index (χ3n) is 5.71. The predicted octanol–water partition coefficient (Wildman–Crippen LogP) is 4.65. The minimum Gasteiger partial charge on any atom is -0.497 e. The molecule has 1 aliphatic rings. The molecule has 1 atom stereocenters. The van der Waals surface area contributed by atoms with E-state index in [4.69, 9.17) is 4.74 Å². The summed E-state index contributed by atoms with van der Waals surface area (Å²) in [7, 11) is 1.63. The van der Waals surface area contributed by atoms with Crippen molar-refractivity contribution in [3.05, 3.63) is 60.2 Å². The fourth-order valence-corrected chi connectivity index (χ4v) is 4.68. The molecule has 5 nitrogen and oxygen atoms in total. The fourth-order valence-electron chi connectivity index (χ4n) is 3.82. The number of carbonyl (C=O) groups excluding carboxylic acids is 2. The molecule has 0 radical (unpaired) electrons. The molecule has 166 valence electrons. The number of nitrogens with zero attached hydrogens (tertiary/aromatic N) is 1. The van der Waals surface area contributed by atoms with E-state index in [0.29, 0.717) is 18.7 Å². The third-order valence-corrected chi connectivity index (χ3v) is 6.72. The highest BCUT2D eigenvalue weighted by Crippen LogP contribution is 2.21. The second-order valence-electron chi connectivity index (χ2n) is 7.95. The molecule has 1 N–H and O–H groups in total. The van der Waals surface area contributed by atoms with Crippen molar-refractivity contribution in [1.29, 1.82) is 0 Å². The summed E-state index contributed by atoms with van der Waals surface area (Å²) in [5.41, 5.74) is 0.977. The van der Waals surface area contributed by atoms with Crippen LogP contribution < -0.4 is 10.1 Å². The lowest BCUT2D eigenvalue weighted by atomic mass is 10.1. The van der Waals surface area contributed by atoms with Crippen LogP contribution in [0.2, 0.25) is 0 Å². The number of amides is 2. The molecule has 0 aromatic heterocycles. The molecular formula is C25H32N2O3S. The second kappa shape index (κ2) is 11.8. The molecule has 0 spiro atoms. The van der Waals surface area contributed by atoms with E-state index in [2.05, 4.69) is 5.32 Å². The zero-order chi connectivity index (χ0) is 22.1. The van der Waals surface area contributed by atoms with Crippen LogP contribution in [-0.4, -0.2) is 41.7 Å². The molecule has 1 saturated carbocycles. The number of thioether (sulfide) groups is 1. The topological polar surface area (TPSA) is 58.6 Å². The molecule has 0 heterocycles. The maximum absolute atomic E-state index is 13.2. The van der Waals surface area contributed by atoms with E-state index in [1.54, 1.807) is 23.8 Å². The Labute approximate surface area is 189 Å². The minimum absolute atomic E-state index is 0.00618. The van der Waals surface area contributed by atoms with Crippen LogP contribution >= 0.6 is 11.8 Å². The number of ether oxygens (including phenoxy) is 1. The van der Waals surface area contributed by atoms with Crippen molar-refractivity contribution in [2.24, 2.45) is 0 Å². The van der Waals surface area contributed by atoms with Crippen molar-refractivity contribution in [2.45, 2.75) is 62.6 Å². The van der Waals surface area contributed by atoms with Crippen LogP contribution in [0, 0.1) is 0 Å². The molecule has 0 unspecified atom stereocenters.